The van der Waals surface area contributed by atoms with Crippen LogP contribution in [0, 0.1) is 13.8 Å². The Morgan fingerprint density at radius 1 is 1.14 bits per heavy atom. The van der Waals surface area contributed by atoms with Gasteiger partial charge in [-0.25, -0.2) is 0 Å². The van der Waals surface area contributed by atoms with Gasteiger partial charge in [0, 0.05) is 24.5 Å². The van der Waals surface area contributed by atoms with E-state index in [1.807, 2.05) is 0 Å². The molecule has 2 heterocycles. The predicted molar refractivity (Wildman–Crippen MR) is 112 cm³/mol. The summed E-state index contributed by atoms with van der Waals surface area (Å²) in [4.78, 5) is 14.8. The number of hydrogen-bond acceptors (Lipinski definition) is 5. The number of para-hydroxylation sites is 1. The maximum absolute atomic E-state index is 12.5. The van der Waals surface area contributed by atoms with Crippen molar-refractivity contribution in [3.8, 4) is 0 Å². The molecular weight excluding hydrogens is 397 g/mol. The summed E-state index contributed by atoms with van der Waals surface area (Å²) in [5, 5.41) is 14.1. The van der Waals surface area contributed by atoms with Crippen LogP contribution in [0.15, 0.2) is 46.7 Å². The molecule has 2 aliphatic rings. The van der Waals surface area contributed by atoms with Crippen LogP contribution in [0.1, 0.15) is 11.1 Å². The number of rotatable bonds is 4. The monoisotopic (exact) mass is 417 g/mol. The quantitative estimate of drug-likeness (QED) is 0.796. The zero-order chi connectivity index (χ0) is 19.8. The van der Waals surface area contributed by atoms with E-state index < -0.39 is 0 Å². The van der Waals surface area contributed by atoms with Crippen molar-refractivity contribution in [1.82, 2.24) is 5.01 Å². The Balaban J connectivity index is 1.41. The zero-order valence-electron chi connectivity index (χ0n) is 15.7. The predicted octanol–water partition coefficient (Wildman–Crippen LogP) is 4.49. The lowest BCUT2D eigenvalue weighted by Crippen LogP contribution is -2.39. The standard InChI is InChI=1S/C20H21Cl2N5O/c1-12-4-3-5-13(2)20(12)26-9-17-18(10-26)27(25-24-17)11-19(28)23-14-6-7-15(21)16(22)8-14/h3-8,17-18H,9-11H2,1-2H3,(H,23,28). The van der Waals surface area contributed by atoms with Crippen molar-refractivity contribution >= 4 is 40.5 Å². The topological polar surface area (TPSA) is 60.3 Å². The molecule has 1 saturated heterocycles. The highest BCUT2D eigenvalue weighted by molar-refractivity contribution is 6.42. The molecule has 1 N–H and O–H groups in total. The lowest BCUT2D eigenvalue weighted by Gasteiger charge is -2.25. The Hall–Kier alpha value is -2.31. The number of fused-ring (bicyclic) bond motifs is 1. The minimum absolute atomic E-state index is 0.0804. The van der Waals surface area contributed by atoms with E-state index in [-0.39, 0.29) is 24.5 Å². The summed E-state index contributed by atoms with van der Waals surface area (Å²) < 4.78 is 0. The van der Waals surface area contributed by atoms with Crippen molar-refractivity contribution in [2.24, 2.45) is 10.3 Å². The molecule has 2 aromatic rings. The Morgan fingerprint density at radius 3 is 2.61 bits per heavy atom. The first-order valence-electron chi connectivity index (χ1n) is 9.16. The summed E-state index contributed by atoms with van der Waals surface area (Å²) in [6.07, 6.45) is 0. The summed E-state index contributed by atoms with van der Waals surface area (Å²) in [6.45, 7) is 6.00. The van der Waals surface area contributed by atoms with Crippen molar-refractivity contribution < 1.29 is 4.79 Å². The first-order chi connectivity index (χ1) is 13.4. The smallest absolute Gasteiger partial charge is 0.245 e. The van der Waals surface area contributed by atoms with E-state index >= 15 is 0 Å². The van der Waals surface area contributed by atoms with Gasteiger partial charge in [-0.2, -0.15) is 5.11 Å². The molecule has 8 heteroatoms. The number of hydrogen-bond donors (Lipinski definition) is 1. The zero-order valence-corrected chi connectivity index (χ0v) is 17.2. The number of amides is 1. The van der Waals surface area contributed by atoms with Crippen molar-refractivity contribution in [2.75, 3.05) is 29.9 Å². The highest BCUT2D eigenvalue weighted by Gasteiger charge is 2.42. The van der Waals surface area contributed by atoms with Crippen molar-refractivity contribution in [3.63, 3.8) is 0 Å². The van der Waals surface area contributed by atoms with Crippen LogP contribution in [0.3, 0.4) is 0 Å². The summed E-state index contributed by atoms with van der Waals surface area (Å²) in [5.74, 6) is -0.163. The van der Waals surface area contributed by atoms with Crippen LogP contribution < -0.4 is 10.2 Å². The number of nitrogens with one attached hydrogen (secondary N) is 1. The second-order valence-corrected chi connectivity index (χ2v) is 8.07. The van der Waals surface area contributed by atoms with Gasteiger partial charge in [0.25, 0.3) is 0 Å². The van der Waals surface area contributed by atoms with Crippen LogP contribution in [0.5, 0.6) is 0 Å². The van der Waals surface area contributed by atoms with Gasteiger partial charge in [0.15, 0.2) is 0 Å². The first kappa shape index (κ1) is 19.0. The molecule has 2 aliphatic heterocycles. The van der Waals surface area contributed by atoms with Crippen LogP contribution in [-0.2, 0) is 4.79 Å². The normalized spacial score (nSPS) is 20.6. The van der Waals surface area contributed by atoms with E-state index in [0.29, 0.717) is 15.7 Å². The number of benzene rings is 2. The lowest BCUT2D eigenvalue weighted by molar-refractivity contribution is -0.117. The molecule has 0 radical (unpaired) electrons. The van der Waals surface area contributed by atoms with Gasteiger partial charge < -0.3 is 10.2 Å². The molecule has 0 saturated carbocycles. The van der Waals surface area contributed by atoms with Crippen molar-refractivity contribution in [3.05, 3.63) is 57.6 Å². The van der Waals surface area contributed by atoms with Gasteiger partial charge in [0.05, 0.1) is 16.1 Å². The lowest BCUT2D eigenvalue weighted by atomic mass is 10.1. The SMILES string of the molecule is Cc1cccc(C)c1N1CC2N=NN(CC(=O)Nc3ccc(Cl)c(Cl)c3)C2C1. The summed E-state index contributed by atoms with van der Waals surface area (Å²) in [6, 6.07) is 11.5. The van der Waals surface area contributed by atoms with Gasteiger partial charge in [0.2, 0.25) is 5.91 Å². The van der Waals surface area contributed by atoms with Gasteiger partial charge >= 0.3 is 0 Å². The third-order valence-corrected chi connectivity index (χ3v) is 5.96. The molecular formula is C20H21Cl2N5O. The van der Waals surface area contributed by atoms with E-state index in [9.17, 15) is 4.79 Å². The molecule has 2 unspecified atom stereocenters. The third-order valence-electron chi connectivity index (χ3n) is 5.22. The van der Waals surface area contributed by atoms with Gasteiger partial charge in [-0.1, -0.05) is 46.6 Å². The second kappa shape index (κ2) is 7.60. The maximum Gasteiger partial charge on any atom is 0.245 e. The van der Waals surface area contributed by atoms with Crippen LogP contribution in [-0.4, -0.2) is 42.6 Å². The molecule has 2 atom stereocenters. The summed E-state index contributed by atoms with van der Waals surface area (Å²) >= 11 is 11.9. The van der Waals surface area contributed by atoms with Crippen LogP contribution in [0.4, 0.5) is 11.4 Å². The largest absolute Gasteiger partial charge is 0.367 e. The molecule has 1 amide bonds. The molecule has 0 aromatic heterocycles. The number of halogens is 2. The molecule has 6 nitrogen and oxygen atoms in total. The maximum atomic E-state index is 12.5. The first-order valence-corrected chi connectivity index (χ1v) is 9.91. The fourth-order valence-electron chi connectivity index (χ4n) is 3.93. The van der Waals surface area contributed by atoms with Crippen molar-refractivity contribution in [1.29, 1.82) is 0 Å². The fourth-order valence-corrected chi connectivity index (χ4v) is 4.23. The van der Waals surface area contributed by atoms with Crippen LogP contribution in [0.25, 0.3) is 0 Å². The Labute approximate surface area is 174 Å². The summed E-state index contributed by atoms with van der Waals surface area (Å²) in [5.41, 5.74) is 4.37. The number of anilines is 2. The van der Waals surface area contributed by atoms with E-state index in [0.717, 1.165) is 13.1 Å². The van der Waals surface area contributed by atoms with E-state index in [1.54, 1.807) is 23.2 Å². The highest BCUT2D eigenvalue weighted by atomic mass is 35.5. The van der Waals surface area contributed by atoms with E-state index in [2.05, 4.69) is 52.6 Å². The highest BCUT2D eigenvalue weighted by Crippen LogP contribution is 2.33. The van der Waals surface area contributed by atoms with Gasteiger partial charge in [0.1, 0.15) is 12.6 Å². The molecule has 0 spiro atoms. The van der Waals surface area contributed by atoms with Gasteiger partial charge in [-0.05, 0) is 43.2 Å². The molecule has 0 bridgehead atoms. The molecule has 146 valence electrons. The molecule has 28 heavy (non-hydrogen) atoms. The van der Waals surface area contributed by atoms with E-state index in [4.69, 9.17) is 23.2 Å². The third kappa shape index (κ3) is 3.66. The van der Waals surface area contributed by atoms with Crippen LogP contribution >= 0.6 is 23.2 Å². The van der Waals surface area contributed by atoms with E-state index in [1.165, 1.54) is 16.8 Å². The number of aryl methyl sites for hydroxylation is 2. The molecule has 0 aliphatic carbocycles. The molecule has 1 fully saturated rings. The number of carbonyl (C=O) groups excluding carboxylic acids is 1. The van der Waals surface area contributed by atoms with Gasteiger partial charge in [-0.3, -0.25) is 9.80 Å². The Morgan fingerprint density at radius 2 is 1.89 bits per heavy atom. The Bertz CT molecular complexity index is 928. The Kier molecular flexibility index (Phi) is 5.17. The summed E-state index contributed by atoms with van der Waals surface area (Å²) in [7, 11) is 0. The average molecular weight is 418 g/mol. The van der Waals surface area contributed by atoms with Crippen molar-refractivity contribution in [2.45, 2.75) is 25.9 Å². The average Bonchev–Trinajstić information content (AvgIpc) is 3.20. The minimum Gasteiger partial charge on any atom is -0.367 e. The molecule has 2 aromatic carbocycles. The second-order valence-electron chi connectivity index (χ2n) is 7.26. The number of carbonyl (C=O) groups is 1. The van der Waals surface area contributed by atoms with Crippen LogP contribution in [0.2, 0.25) is 10.0 Å². The molecule has 4 rings (SSSR count). The fraction of sp³-hybridized carbons (Fsp3) is 0.350. The number of nitrogens with zero attached hydrogens (tertiary/aromatic N) is 4. The van der Waals surface area contributed by atoms with Gasteiger partial charge in [-0.15, -0.1) is 0 Å². The minimum atomic E-state index is -0.163.